The van der Waals surface area contributed by atoms with Crippen LogP contribution in [0.3, 0.4) is 0 Å². The smallest absolute Gasteiger partial charge is 0.225 e. The topological polar surface area (TPSA) is 79.5 Å². The molecule has 0 spiro atoms. The van der Waals surface area contributed by atoms with E-state index in [1.165, 1.54) is 0 Å². The highest BCUT2D eigenvalue weighted by Gasteiger charge is 2.36. The summed E-state index contributed by atoms with van der Waals surface area (Å²) in [7, 11) is 0. The lowest BCUT2D eigenvalue weighted by atomic mass is 10.0. The predicted octanol–water partition coefficient (Wildman–Crippen LogP) is 1.17. The van der Waals surface area contributed by atoms with Gasteiger partial charge in [0.25, 0.3) is 0 Å². The lowest BCUT2D eigenvalue weighted by molar-refractivity contribution is -0.139. The summed E-state index contributed by atoms with van der Waals surface area (Å²) in [5.74, 6) is 1.70. The molecular formula is C16H24N4O3. The van der Waals surface area contributed by atoms with E-state index in [2.05, 4.69) is 10.1 Å². The Labute approximate surface area is 136 Å². The Bertz CT molecular complexity index is 582. The van der Waals surface area contributed by atoms with Crippen LogP contribution in [-0.2, 0) is 16.0 Å². The summed E-state index contributed by atoms with van der Waals surface area (Å²) in [6.07, 6.45) is 4.51. The standard InChI is InChI=1S/C16H24N4O3/c1-11-17-15(18-23-11)7-9-20(12(2)21)14-4-3-8-19(10-14)16(22)13-5-6-13/h13-14H,3-10H2,1-2H3. The van der Waals surface area contributed by atoms with Crippen molar-refractivity contribution in [1.29, 1.82) is 0 Å². The van der Waals surface area contributed by atoms with Crippen LogP contribution in [0.25, 0.3) is 0 Å². The van der Waals surface area contributed by atoms with Gasteiger partial charge in [0.05, 0.1) is 0 Å². The molecule has 0 bridgehead atoms. The van der Waals surface area contributed by atoms with E-state index in [9.17, 15) is 9.59 Å². The van der Waals surface area contributed by atoms with Gasteiger partial charge in [0, 0.05) is 51.9 Å². The van der Waals surface area contributed by atoms with Gasteiger partial charge >= 0.3 is 0 Å². The number of nitrogens with zero attached hydrogens (tertiary/aromatic N) is 4. The number of hydrogen-bond donors (Lipinski definition) is 0. The SMILES string of the molecule is CC(=O)N(CCc1noc(C)n1)C1CCCN(C(=O)C2CC2)C1. The third-order valence-electron chi connectivity index (χ3n) is 4.63. The largest absolute Gasteiger partial charge is 0.340 e. The van der Waals surface area contributed by atoms with E-state index in [1.54, 1.807) is 13.8 Å². The molecule has 2 heterocycles. The zero-order chi connectivity index (χ0) is 16.4. The molecule has 1 saturated heterocycles. The molecule has 1 aromatic rings. The Morgan fingerprint density at radius 1 is 1.35 bits per heavy atom. The molecule has 2 fully saturated rings. The highest BCUT2D eigenvalue weighted by atomic mass is 16.5. The van der Waals surface area contributed by atoms with Crippen LogP contribution in [0.1, 0.15) is 44.3 Å². The quantitative estimate of drug-likeness (QED) is 0.813. The number of carbonyl (C=O) groups is 2. The summed E-state index contributed by atoms with van der Waals surface area (Å²) >= 11 is 0. The molecule has 1 aliphatic heterocycles. The average Bonchev–Trinajstić information content (AvgIpc) is 3.30. The van der Waals surface area contributed by atoms with Gasteiger partial charge in [-0.2, -0.15) is 4.98 Å². The normalized spacial score (nSPS) is 21.3. The molecule has 126 valence electrons. The molecule has 2 aliphatic rings. The molecule has 1 unspecified atom stereocenters. The van der Waals surface area contributed by atoms with Crippen molar-refractivity contribution in [2.45, 2.75) is 52.0 Å². The van der Waals surface area contributed by atoms with Gasteiger partial charge in [-0.05, 0) is 25.7 Å². The Morgan fingerprint density at radius 2 is 2.13 bits per heavy atom. The number of likely N-dealkylation sites (tertiary alicyclic amines) is 1. The first kappa shape index (κ1) is 16.0. The zero-order valence-electron chi connectivity index (χ0n) is 13.8. The minimum atomic E-state index is 0.0379. The van der Waals surface area contributed by atoms with E-state index >= 15 is 0 Å². The first-order chi connectivity index (χ1) is 11.0. The highest BCUT2D eigenvalue weighted by Crippen LogP contribution is 2.32. The van der Waals surface area contributed by atoms with Crippen molar-refractivity contribution in [1.82, 2.24) is 19.9 Å². The van der Waals surface area contributed by atoms with Gasteiger partial charge in [-0.25, -0.2) is 0 Å². The maximum Gasteiger partial charge on any atom is 0.225 e. The van der Waals surface area contributed by atoms with Crippen molar-refractivity contribution in [3.05, 3.63) is 11.7 Å². The van der Waals surface area contributed by atoms with E-state index < -0.39 is 0 Å². The fraction of sp³-hybridized carbons (Fsp3) is 0.750. The van der Waals surface area contributed by atoms with Crippen LogP contribution >= 0.6 is 0 Å². The number of aromatic nitrogens is 2. The molecule has 1 saturated carbocycles. The van der Waals surface area contributed by atoms with Crippen LogP contribution in [0.4, 0.5) is 0 Å². The van der Waals surface area contributed by atoms with Gasteiger partial charge in [0.1, 0.15) is 0 Å². The molecule has 3 rings (SSSR count). The van der Waals surface area contributed by atoms with Gasteiger partial charge in [-0.1, -0.05) is 5.16 Å². The number of rotatable bonds is 5. The minimum Gasteiger partial charge on any atom is -0.340 e. The Balaban J connectivity index is 1.60. The van der Waals surface area contributed by atoms with Crippen LogP contribution in [0.2, 0.25) is 0 Å². The molecular weight excluding hydrogens is 296 g/mol. The van der Waals surface area contributed by atoms with Crippen LogP contribution < -0.4 is 0 Å². The molecule has 0 radical (unpaired) electrons. The van der Waals surface area contributed by atoms with E-state index in [0.29, 0.717) is 31.2 Å². The van der Waals surface area contributed by atoms with Crippen molar-refractivity contribution < 1.29 is 14.1 Å². The number of carbonyl (C=O) groups excluding carboxylic acids is 2. The minimum absolute atomic E-state index is 0.0379. The van der Waals surface area contributed by atoms with Crippen LogP contribution in [0, 0.1) is 12.8 Å². The molecule has 0 N–H and O–H groups in total. The summed E-state index contributed by atoms with van der Waals surface area (Å²) < 4.78 is 4.97. The van der Waals surface area contributed by atoms with Gasteiger partial charge in [0.2, 0.25) is 17.7 Å². The number of hydrogen-bond acceptors (Lipinski definition) is 5. The summed E-state index contributed by atoms with van der Waals surface area (Å²) in [5, 5.41) is 3.88. The zero-order valence-corrected chi connectivity index (χ0v) is 13.8. The highest BCUT2D eigenvalue weighted by molar-refractivity contribution is 5.81. The van der Waals surface area contributed by atoms with Crippen molar-refractivity contribution in [3.8, 4) is 0 Å². The first-order valence-corrected chi connectivity index (χ1v) is 8.40. The van der Waals surface area contributed by atoms with Crippen LogP contribution in [-0.4, -0.2) is 57.4 Å². The molecule has 7 nitrogen and oxygen atoms in total. The second-order valence-corrected chi connectivity index (χ2v) is 6.55. The van der Waals surface area contributed by atoms with Crippen molar-refractivity contribution in [3.63, 3.8) is 0 Å². The summed E-state index contributed by atoms with van der Waals surface area (Å²) in [6.45, 7) is 5.37. The maximum absolute atomic E-state index is 12.3. The van der Waals surface area contributed by atoms with Gasteiger partial charge in [-0.15, -0.1) is 0 Å². The van der Waals surface area contributed by atoms with Gasteiger partial charge in [-0.3, -0.25) is 9.59 Å². The van der Waals surface area contributed by atoms with E-state index in [0.717, 1.165) is 32.2 Å². The fourth-order valence-corrected chi connectivity index (χ4v) is 3.26. The second-order valence-electron chi connectivity index (χ2n) is 6.55. The Kier molecular flexibility index (Phi) is 4.63. The second kappa shape index (κ2) is 6.68. The lowest BCUT2D eigenvalue weighted by Gasteiger charge is -2.39. The molecule has 2 amide bonds. The molecule has 7 heteroatoms. The van der Waals surface area contributed by atoms with Gasteiger partial charge < -0.3 is 14.3 Å². The van der Waals surface area contributed by atoms with Crippen molar-refractivity contribution in [2.75, 3.05) is 19.6 Å². The summed E-state index contributed by atoms with van der Waals surface area (Å²) in [6, 6.07) is 0.0944. The molecule has 1 atom stereocenters. The maximum atomic E-state index is 12.3. The van der Waals surface area contributed by atoms with Gasteiger partial charge in [0.15, 0.2) is 5.82 Å². The van der Waals surface area contributed by atoms with E-state index in [-0.39, 0.29) is 23.8 Å². The van der Waals surface area contributed by atoms with E-state index in [1.807, 2.05) is 9.80 Å². The summed E-state index contributed by atoms with van der Waals surface area (Å²) in [5.41, 5.74) is 0. The third-order valence-corrected chi connectivity index (χ3v) is 4.63. The molecule has 0 aromatic carbocycles. The molecule has 1 aromatic heterocycles. The summed E-state index contributed by atoms with van der Waals surface area (Å²) in [4.78, 5) is 32.3. The third kappa shape index (κ3) is 3.89. The first-order valence-electron chi connectivity index (χ1n) is 8.40. The van der Waals surface area contributed by atoms with Crippen molar-refractivity contribution in [2.24, 2.45) is 5.92 Å². The van der Waals surface area contributed by atoms with Crippen molar-refractivity contribution >= 4 is 11.8 Å². The average molecular weight is 320 g/mol. The predicted molar refractivity (Wildman–Crippen MR) is 82.5 cm³/mol. The van der Waals surface area contributed by atoms with E-state index in [4.69, 9.17) is 4.52 Å². The number of amides is 2. The van der Waals surface area contributed by atoms with Crippen LogP contribution in [0.15, 0.2) is 4.52 Å². The number of piperidine rings is 1. The van der Waals surface area contributed by atoms with Crippen LogP contribution in [0.5, 0.6) is 0 Å². The molecule has 23 heavy (non-hydrogen) atoms. The Morgan fingerprint density at radius 3 is 2.74 bits per heavy atom. The fourth-order valence-electron chi connectivity index (χ4n) is 3.26. The number of aryl methyl sites for hydroxylation is 1. The Hall–Kier alpha value is -1.92. The molecule has 1 aliphatic carbocycles. The monoisotopic (exact) mass is 320 g/mol. The lowest BCUT2D eigenvalue weighted by Crippen LogP contribution is -2.52.